The van der Waals surface area contributed by atoms with Gasteiger partial charge in [-0.3, -0.25) is 4.90 Å². The largest absolute Gasteiger partial charge is 0.465 e. The highest BCUT2D eigenvalue weighted by molar-refractivity contribution is 5.66. The summed E-state index contributed by atoms with van der Waals surface area (Å²) in [6, 6.07) is 0. The molecule has 15 heavy (non-hydrogen) atoms. The summed E-state index contributed by atoms with van der Waals surface area (Å²) >= 11 is 0. The SMILES string of the molecule is CC(O)C1(C2CC2)CCCCN1C(=O)O. The summed E-state index contributed by atoms with van der Waals surface area (Å²) < 4.78 is 0. The molecule has 1 saturated heterocycles. The molecule has 86 valence electrons. The smallest absolute Gasteiger partial charge is 0.407 e. The predicted octanol–water partition coefficient (Wildman–Crippen LogP) is 1.68. The molecule has 0 spiro atoms. The summed E-state index contributed by atoms with van der Waals surface area (Å²) in [5, 5.41) is 19.2. The molecular weight excluding hydrogens is 194 g/mol. The fourth-order valence-electron chi connectivity index (χ4n) is 3.08. The van der Waals surface area contributed by atoms with E-state index in [4.69, 9.17) is 0 Å². The average Bonchev–Trinajstić information content (AvgIpc) is 3.00. The minimum absolute atomic E-state index is 0.383. The summed E-state index contributed by atoms with van der Waals surface area (Å²) in [6.45, 7) is 2.32. The third-order valence-corrected chi connectivity index (χ3v) is 3.95. The molecule has 0 aromatic rings. The van der Waals surface area contributed by atoms with Gasteiger partial charge >= 0.3 is 6.09 Å². The van der Waals surface area contributed by atoms with Crippen LogP contribution in [0.15, 0.2) is 0 Å². The minimum Gasteiger partial charge on any atom is -0.465 e. The molecule has 2 unspecified atom stereocenters. The highest BCUT2D eigenvalue weighted by Crippen LogP contribution is 2.49. The monoisotopic (exact) mass is 213 g/mol. The maximum Gasteiger partial charge on any atom is 0.407 e. The Morgan fingerprint density at radius 1 is 1.47 bits per heavy atom. The Hall–Kier alpha value is -0.770. The number of amides is 1. The molecule has 2 fully saturated rings. The number of aliphatic hydroxyl groups excluding tert-OH is 1. The second-order valence-corrected chi connectivity index (χ2v) is 4.83. The molecule has 0 aromatic carbocycles. The Labute approximate surface area is 89.9 Å². The normalized spacial score (nSPS) is 33.9. The van der Waals surface area contributed by atoms with Gasteiger partial charge in [-0.15, -0.1) is 0 Å². The lowest BCUT2D eigenvalue weighted by atomic mass is 9.78. The summed E-state index contributed by atoms with van der Waals surface area (Å²) in [5.41, 5.74) is -0.482. The number of carbonyl (C=O) groups is 1. The number of piperidine rings is 1. The van der Waals surface area contributed by atoms with Crippen LogP contribution < -0.4 is 0 Å². The lowest BCUT2D eigenvalue weighted by Gasteiger charge is -2.48. The fraction of sp³-hybridized carbons (Fsp3) is 0.909. The first-order valence-electron chi connectivity index (χ1n) is 5.77. The van der Waals surface area contributed by atoms with E-state index in [9.17, 15) is 15.0 Å². The molecule has 2 atom stereocenters. The van der Waals surface area contributed by atoms with Crippen molar-refractivity contribution >= 4 is 6.09 Å². The van der Waals surface area contributed by atoms with E-state index in [0.717, 1.165) is 32.1 Å². The van der Waals surface area contributed by atoms with Crippen molar-refractivity contribution in [2.75, 3.05) is 6.54 Å². The van der Waals surface area contributed by atoms with Crippen molar-refractivity contribution in [3.8, 4) is 0 Å². The van der Waals surface area contributed by atoms with Crippen molar-refractivity contribution in [2.45, 2.75) is 50.7 Å². The van der Waals surface area contributed by atoms with E-state index in [1.807, 2.05) is 0 Å². The Morgan fingerprint density at radius 2 is 2.13 bits per heavy atom. The average molecular weight is 213 g/mol. The van der Waals surface area contributed by atoms with E-state index in [0.29, 0.717) is 12.5 Å². The van der Waals surface area contributed by atoms with E-state index in [1.54, 1.807) is 6.92 Å². The van der Waals surface area contributed by atoms with Gasteiger partial charge in [0.25, 0.3) is 0 Å². The van der Waals surface area contributed by atoms with Crippen molar-refractivity contribution in [1.82, 2.24) is 4.90 Å². The predicted molar refractivity (Wildman–Crippen MR) is 55.7 cm³/mol. The molecule has 1 aliphatic heterocycles. The van der Waals surface area contributed by atoms with Crippen LogP contribution in [0, 0.1) is 5.92 Å². The van der Waals surface area contributed by atoms with Crippen molar-refractivity contribution < 1.29 is 15.0 Å². The van der Waals surface area contributed by atoms with Gasteiger partial charge in [0.2, 0.25) is 0 Å². The highest BCUT2D eigenvalue weighted by atomic mass is 16.4. The standard InChI is InChI=1S/C11H19NO3/c1-8(13)11(9-4-5-9)6-2-3-7-12(11)10(14)15/h8-9,13H,2-7H2,1H3,(H,14,15). The number of hydrogen-bond donors (Lipinski definition) is 2. The van der Waals surface area contributed by atoms with Crippen LogP contribution in [0.25, 0.3) is 0 Å². The quantitative estimate of drug-likeness (QED) is 0.733. The number of nitrogens with zero attached hydrogens (tertiary/aromatic N) is 1. The van der Waals surface area contributed by atoms with Crippen LogP contribution >= 0.6 is 0 Å². The molecule has 0 aromatic heterocycles. The van der Waals surface area contributed by atoms with E-state index in [1.165, 1.54) is 4.90 Å². The molecule has 1 heterocycles. The third-order valence-electron chi connectivity index (χ3n) is 3.95. The zero-order valence-electron chi connectivity index (χ0n) is 9.15. The number of carboxylic acid groups (broad SMARTS) is 1. The van der Waals surface area contributed by atoms with Gasteiger partial charge in [-0.05, 0) is 44.9 Å². The van der Waals surface area contributed by atoms with Crippen molar-refractivity contribution in [1.29, 1.82) is 0 Å². The minimum atomic E-state index is -0.873. The molecule has 4 heteroatoms. The molecule has 2 rings (SSSR count). The van der Waals surface area contributed by atoms with Crippen LogP contribution in [0.3, 0.4) is 0 Å². The van der Waals surface area contributed by atoms with Crippen LogP contribution in [0.4, 0.5) is 4.79 Å². The van der Waals surface area contributed by atoms with Gasteiger partial charge < -0.3 is 10.2 Å². The first kappa shape index (κ1) is 10.7. The molecule has 2 N–H and O–H groups in total. The van der Waals surface area contributed by atoms with E-state index in [2.05, 4.69) is 0 Å². The van der Waals surface area contributed by atoms with Gasteiger partial charge in [-0.1, -0.05) is 0 Å². The fourth-order valence-corrected chi connectivity index (χ4v) is 3.08. The second-order valence-electron chi connectivity index (χ2n) is 4.83. The third kappa shape index (κ3) is 1.61. The molecule has 2 aliphatic rings. The number of rotatable bonds is 2. The maximum atomic E-state index is 11.2. The molecular formula is C11H19NO3. The second kappa shape index (κ2) is 3.67. The number of likely N-dealkylation sites (tertiary alicyclic amines) is 1. The van der Waals surface area contributed by atoms with E-state index < -0.39 is 17.7 Å². The van der Waals surface area contributed by atoms with E-state index in [-0.39, 0.29) is 0 Å². The lowest BCUT2D eigenvalue weighted by molar-refractivity contribution is -0.0497. The molecule has 0 bridgehead atoms. The number of aliphatic hydroxyl groups is 1. The Bertz CT molecular complexity index is 259. The summed E-state index contributed by atoms with van der Waals surface area (Å²) in [5.74, 6) is 0.383. The molecule has 0 radical (unpaired) electrons. The highest BCUT2D eigenvalue weighted by Gasteiger charge is 2.54. The molecule has 1 aliphatic carbocycles. The van der Waals surface area contributed by atoms with Crippen molar-refractivity contribution in [3.05, 3.63) is 0 Å². The van der Waals surface area contributed by atoms with Gasteiger partial charge in [-0.2, -0.15) is 0 Å². The van der Waals surface area contributed by atoms with Crippen LogP contribution in [-0.4, -0.2) is 39.4 Å². The first-order chi connectivity index (χ1) is 7.09. The lowest BCUT2D eigenvalue weighted by Crippen LogP contribution is -2.61. The zero-order valence-corrected chi connectivity index (χ0v) is 9.15. The summed E-state index contributed by atoms with van der Waals surface area (Å²) in [4.78, 5) is 12.7. The Morgan fingerprint density at radius 3 is 2.60 bits per heavy atom. The Kier molecular flexibility index (Phi) is 2.63. The first-order valence-corrected chi connectivity index (χ1v) is 5.77. The zero-order chi connectivity index (χ0) is 11.1. The molecule has 4 nitrogen and oxygen atoms in total. The number of hydrogen-bond acceptors (Lipinski definition) is 2. The summed E-state index contributed by atoms with van der Waals surface area (Å²) in [7, 11) is 0. The van der Waals surface area contributed by atoms with Gasteiger partial charge in [0, 0.05) is 6.54 Å². The van der Waals surface area contributed by atoms with E-state index >= 15 is 0 Å². The maximum absolute atomic E-state index is 11.2. The van der Waals surface area contributed by atoms with Crippen LogP contribution in [0.2, 0.25) is 0 Å². The summed E-state index contributed by atoms with van der Waals surface area (Å²) in [6.07, 6.45) is 3.48. The van der Waals surface area contributed by atoms with Gasteiger partial charge in [0.15, 0.2) is 0 Å². The van der Waals surface area contributed by atoms with Crippen LogP contribution in [0.1, 0.15) is 39.0 Å². The van der Waals surface area contributed by atoms with Gasteiger partial charge in [-0.25, -0.2) is 4.79 Å². The molecule has 1 amide bonds. The van der Waals surface area contributed by atoms with Crippen molar-refractivity contribution in [2.24, 2.45) is 5.92 Å². The Balaban J connectivity index is 2.28. The van der Waals surface area contributed by atoms with Crippen molar-refractivity contribution in [3.63, 3.8) is 0 Å². The van der Waals surface area contributed by atoms with Gasteiger partial charge in [0.1, 0.15) is 0 Å². The topological polar surface area (TPSA) is 60.8 Å². The van der Waals surface area contributed by atoms with Crippen LogP contribution in [0.5, 0.6) is 0 Å². The molecule has 1 saturated carbocycles. The van der Waals surface area contributed by atoms with Crippen LogP contribution in [-0.2, 0) is 0 Å². The van der Waals surface area contributed by atoms with Gasteiger partial charge in [0.05, 0.1) is 11.6 Å².